The van der Waals surface area contributed by atoms with Gasteiger partial charge < -0.3 is 9.47 Å². The van der Waals surface area contributed by atoms with Gasteiger partial charge in [-0.15, -0.1) is 0 Å². The van der Waals surface area contributed by atoms with E-state index < -0.39 is 53.2 Å². The highest BCUT2D eigenvalue weighted by atomic mass is 19.4. The number of carbonyl (C=O) groups is 1. The minimum Gasteiger partial charge on any atom is -0.472 e. The van der Waals surface area contributed by atoms with Crippen LogP contribution in [0.1, 0.15) is 39.7 Å². The fourth-order valence-electron chi connectivity index (χ4n) is 2.21. The van der Waals surface area contributed by atoms with Crippen molar-refractivity contribution in [2.75, 3.05) is 6.61 Å². The van der Waals surface area contributed by atoms with Crippen LogP contribution >= 0.6 is 0 Å². The quantitative estimate of drug-likeness (QED) is 0.518. The standard InChI is InChI=1S/C18H12F6N2O3/c1-2-28-16(27)13-7-11(8-25)15(26-14(13)18(22,23)24)29-9-10-3-5-12(6-4-10)17(19,20)21/h3-7H,2,9H2,1H3. The third kappa shape index (κ3) is 5.37. The number of hydrogen-bond acceptors (Lipinski definition) is 5. The number of carbonyl (C=O) groups excluding carboxylic acids is 1. The number of alkyl halides is 6. The number of hydrogen-bond donors (Lipinski definition) is 0. The molecule has 0 atom stereocenters. The highest BCUT2D eigenvalue weighted by Crippen LogP contribution is 2.34. The number of halogens is 6. The molecular formula is C18H12F6N2O3. The second kappa shape index (κ2) is 8.38. The molecule has 2 aromatic rings. The Morgan fingerprint density at radius 2 is 1.72 bits per heavy atom. The highest BCUT2D eigenvalue weighted by molar-refractivity contribution is 5.91. The van der Waals surface area contributed by atoms with Gasteiger partial charge in [-0.2, -0.15) is 31.6 Å². The summed E-state index contributed by atoms with van der Waals surface area (Å²) in [6.45, 7) is 0.755. The van der Waals surface area contributed by atoms with Crippen LogP contribution in [0.5, 0.6) is 5.88 Å². The number of ether oxygens (including phenoxy) is 2. The minimum atomic E-state index is -5.04. The zero-order valence-electron chi connectivity index (χ0n) is 14.7. The van der Waals surface area contributed by atoms with Crippen molar-refractivity contribution >= 4 is 5.97 Å². The highest BCUT2D eigenvalue weighted by Gasteiger charge is 2.39. The normalized spacial score (nSPS) is 11.7. The van der Waals surface area contributed by atoms with Crippen molar-refractivity contribution in [3.8, 4) is 11.9 Å². The lowest BCUT2D eigenvalue weighted by Gasteiger charge is -2.14. The molecule has 0 unspecified atom stereocenters. The molecule has 5 nitrogen and oxygen atoms in total. The van der Waals surface area contributed by atoms with E-state index in [-0.39, 0.29) is 12.2 Å². The van der Waals surface area contributed by atoms with Gasteiger partial charge in [0.1, 0.15) is 18.2 Å². The Labute approximate surface area is 160 Å². The van der Waals surface area contributed by atoms with E-state index in [1.807, 2.05) is 0 Å². The SMILES string of the molecule is CCOC(=O)c1cc(C#N)c(OCc2ccc(C(F)(F)F)cc2)nc1C(F)(F)F. The molecule has 0 saturated heterocycles. The van der Waals surface area contributed by atoms with Gasteiger partial charge in [-0.25, -0.2) is 9.78 Å². The summed E-state index contributed by atoms with van der Waals surface area (Å²) in [7, 11) is 0. The number of esters is 1. The Bertz CT molecular complexity index is 931. The number of nitriles is 1. The topological polar surface area (TPSA) is 72.2 Å². The van der Waals surface area contributed by atoms with Gasteiger partial charge in [0, 0.05) is 0 Å². The van der Waals surface area contributed by atoms with Crippen LogP contribution < -0.4 is 4.74 Å². The van der Waals surface area contributed by atoms with Gasteiger partial charge in [0.25, 0.3) is 0 Å². The first-order chi connectivity index (χ1) is 13.5. The molecule has 0 amide bonds. The first-order valence-electron chi connectivity index (χ1n) is 7.95. The Morgan fingerprint density at radius 3 is 2.21 bits per heavy atom. The van der Waals surface area contributed by atoms with Crippen LogP contribution in [0.25, 0.3) is 0 Å². The van der Waals surface area contributed by atoms with Gasteiger partial charge >= 0.3 is 18.3 Å². The van der Waals surface area contributed by atoms with E-state index in [9.17, 15) is 31.1 Å². The number of rotatable bonds is 5. The molecule has 0 N–H and O–H groups in total. The van der Waals surface area contributed by atoms with Crippen molar-refractivity contribution in [2.45, 2.75) is 25.9 Å². The molecule has 0 aliphatic carbocycles. The lowest BCUT2D eigenvalue weighted by molar-refractivity contribution is -0.142. The maximum absolute atomic E-state index is 13.3. The number of pyridine rings is 1. The molecule has 1 aromatic heterocycles. The molecule has 0 aliphatic rings. The Morgan fingerprint density at radius 1 is 1.10 bits per heavy atom. The monoisotopic (exact) mass is 418 g/mol. The average Bonchev–Trinajstić information content (AvgIpc) is 2.64. The molecule has 2 rings (SSSR count). The van der Waals surface area contributed by atoms with E-state index >= 15 is 0 Å². The summed E-state index contributed by atoms with van der Waals surface area (Å²) in [6, 6.07) is 5.93. The number of aromatic nitrogens is 1. The van der Waals surface area contributed by atoms with Crippen molar-refractivity contribution in [1.82, 2.24) is 4.98 Å². The van der Waals surface area contributed by atoms with Gasteiger partial charge in [0.15, 0.2) is 5.69 Å². The molecule has 11 heteroatoms. The van der Waals surface area contributed by atoms with Crippen LogP contribution in [0.3, 0.4) is 0 Å². The molecule has 0 saturated carbocycles. The van der Waals surface area contributed by atoms with Crippen molar-refractivity contribution < 1.29 is 40.6 Å². The second-order valence-corrected chi connectivity index (χ2v) is 5.55. The largest absolute Gasteiger partial charge is 0.472 e. The maximum atomic E-state index is 13.3. The molecule has 154 valence electrons. The average molecular weight is 418 g/mol. The van der Waals surface area contributed by atoms with E-state index in [4.69, 9.17) is 10.00 Å². The van der Waals surface area contributed by atoms with Gasteiger partial charge in [-0.3, -0.25) is 0 Å². The second-order valence-electron chi connectivity index (χ2n) is 5.55. The van der Waals surface area contributed by atoms with E-state index in [0.717, 1.165) is 24.3 Å². The molecule has 1 aromatic carbocycles. The van der Waals surface area contributed by atoms with Crippen LogP contribution in [0.15, 0.2) is 30.3 Å². The third-order valence-electron chi connectivity index (χ3n) is 3.53. The van der Waals surface area contributed by atoms with Crippen LogP contribution in [0, 0.1) is 11.3 Å². The molecule has 0 radical (unpaired) electrons. The molecule has 0 fully saturated rings. The molecule has 0 aliphatic heterocycles. The van der Waals surface area contributed by atoms with E-state index in [1.54, 1.807) is 6.07 Å². The van der Waals surface area contributed by atoms with E-state index in [0.29, 0.717) is 6.07 Å². The molecule has 1 heterocycles. The predicted octanol–water partition coefficient (Wildman–Crippen LogP) is 4.75. The lowest BCUT2D eigenvalue weighted by atomic mass is 10.1. The van der Waals surface area contributed by atoms with Crippen molar-refractivity contribution in [3.63, 3.8) is 0 Å². The van der Waals surface area contributed by atoms with Crippen LogP contribution in [0.4, 0.5) is 26.3 Å². The zero-order chi connectivity index (χ0) is 21.8. The Kier molecular flexibility index (Phi) is 6.36. The minimum absolute atomic E-state index is 0.190. The summed E-state index contributed by atoms with van der Waals surface area (Å²) >= 11 is 0. The maximum Gasteiger partial charge on any atom is 0.434 e. The predicted molar refractivity (Wildman–Crippen MR) is 85.7 cm³/mol. The van der Waals surface area contributed by atoms with Crippen molar-refractivity contribution in [3.05, 3.63) is 58.3 Å². The van der Waals surface area contributed by atoms with Gasteiger partial charge in [-0.05, 0) is 30.7 Å². The van der Waals surface area contributed by atoms with Crippen LogP contribution in [-0.2, 0) is 23.7 Å². The summed E-state index contributed by atoms with van der Waals surface area (Å²) in [4.78, 5) is 15.0. The van der Waals surface area contributed by atoms with E-state index in [1.165, 1.54) is 6.92 Å². The van der Waals surface area contributed by atoms with Crippen LogP contribution in [0.2, 0.25) is 0 Å². The summed E-state index contributed by atoms with van der Waals surface area (Å²) in [5.74, 6) is -2.02. The Balaban J connectivity index is 2.35. The fraction of sp³-hybridized carbons (Fsp3) is 0.278. The molecular weight excluding hydrogens is 406 g/mol. The zero-order valence-corrected chi connectivity index (χ0v) is 14.7. The first-order valence-corrected chi connectivity index (χ1v) is 7.95. The summed E-state index contributed by atoms with van der Waals surface area (Å²) in [5.41, 5.74) is -3.72. The van der Waals surface area contributed by atoms with Gasteiger partial charge in [0.05, 0.1) is 17.7 Å². The van der Waals surface area contributed by atoms with E-state index in [2.05, 4.69) is 9.72 Å². The number of nitrogens with zero attached hydrogens (tertiary/aromatic N) is 2. The van der Waals surface area contributed by atoms with Gasteiger partial charge in [0.2, 0.25) is 5.88 Å². The molecule has 29 heavy (non-hydrogen) atoms. The third-order valence-corrected chi connectivity index (χ3v) is 3.53. The lowest BCUT2D eigenvalue weighted by Crippen LogP contribution is -2.18. The Hall–Kier alpha value is -3.29. The summed E-state index contributed by atoms with van der Waals surface area (Å²) < 4.78 is 87.1. The summed E-state index contributed by atoms with van der Waals surface area (Å²) in [6.07, 6.45) is -9.58. The number of benzene rings is 1. The molecule has 0 bridgehead atoms. The van der Waals surface area contributed by atoms with Gasteiger partial charge in [-0.1, -0.05) is 12.1 Å². The van der Waals surface area contributed by atoms with Crippen LogP contribution in [-0.4, -0.2) is 17.6 Å². The fourth-order valence-corrected chi connectivity index (χ4v) is 2.21. The van der Waals surface area contributed by atoms with Crippen molar-refractivity contribution in [1.29, 1.82) is 5.26 Å². The van der Waals surface area contributed by atoms with Crippen molar-refractivity contribution in [2.24, 2.45) is 0 Å². The summed E-state index contributed by atoms with van der Waals surface area (Å²) in [5, 5.41) is 9.14. The molecule has 0 spiro atoms. The first kappa shape index (κ1) is 22.0. The smallest absolute Gasteiger partial charge is 0.434 e.